The number of hydrogen-bond acceptors (Lipinski definition) is 5. The molecule has 0 aliphatic heterocycles. The normalized spacial score (nSPS) is 9.56. The molecule has 1 heterocycles. The van der Waals surface area contributed by atoms with Gasteiger partial charge in [0, 0.05) is 5.69 Å². The van der Waals surface area contributed by atoms with Crippen LogP contribution in [0.5, 0.6) is 0 Å². The molecule has 0 amide bonds. The van der Waals surface area contributed by atoms with E-state index in [1.807, 2.05) is 6.07 Å². The van der Waals surface area contributed by atoms with Crippen LogP contribution in [0.4, 0.5) is 17.1 Å². The number of halogens is 1. The fourth-order valence-corrected chi connectivity index (χ4v) is 1.71. The number of nitriles is 1. The van der Waals surface area contributed by atoms with E-state index < -0.39 is 0 Å². The molecule has 0 unspecified atom stereocenters. The lowest BCUT2D eigenvalue weighted by molar-refractivity contribution is 1.25. The maximum Gasteiger partial charge on any atom is 0.149 e. The van der Waals surface area contributed by atoms with Gasteiger partial charge in [0.2, 0.25) is 0 Å². The second-order valence-corrected chi connectivity index (χ2v) is 4.24. The molecule has 0 atom stereocenters. The highest BCUT2D eigenvalue weighted by atomic mass is 79.9. The maximum absolute atomic E-state index is 10.6. The number of rotatable bonds is 3. The second kappa shape index (κ2) is 5.38. The van der Waals surface area contributed by atoms with Gasteiger partial charge in [0.1, 0.15) is 10.3 Å². The number of nitroso groups, excluding NO2 is 1. The first-order valence-electron chi connectivity index (χ1n) is 4.99. The number of pyridine rings is 1. The molecule has 0 radical (unpaired) electrons. The molecule has 1 aromatic carbocycles. The highest BCUT2D eigenvalue weighted by Crippen LogP contribution is 2.29. The predicted molar refractivity (Wildman–Crippen MR) is 71.8 cm³/mol. The van der Waals surface area contributed by atoms with E-state index in [-0.39, 0.29) is 5.69 Å². The van der Waals surface area contributed by atoms with Crippen LogP contribution >= 0.6 is 15.9 Å². The number of anilines is 2. The summed E-state index contributed by atoms with van der Waals surface area (Å²) in [5.41, 5.74) is 2.11. The van der Waals surface area contributed by atoms with Gasteiger partial charge in [-0.05, 0) is 51.4 Å². The molecule has 0 spiro atoms. The van der Waals surface area contributed by atoms with E-state index in [4.69, 9.17) is 5.26 Å². The zero-order valence-electron chi connectivity index (χ0n) is 9.09. The van der Waals surface area contributed by atoms with Crippen LogP contribution in [0.25, 0.3) is 0 Å². The predicted octanol–water partition coefficient (Wildman–Crippen LogP) is 3.86. The largest absolute Gasteiger partial charge is 0.354 e. The van der Waals surface area contributed by atoms with E-state index in [9.17, 15) is 4.91 Å². The van der Waals surface area contributed by atoms with Crippen molar-refractivity contribution in [2.24, 2.45) is 5.18 Å². The standard InChI is InChI=1S/C12H7BrN4O/c13-12-5-10(11(17-18)7-15-12)16-9-3-1-8(6-14)2-4-9/h1-5,7H,(H,15,16). The van der Waals surface area contributed by atoms with E-state index in [1.165, 1.54) is 6.20 Å². The van der Waals surface area contributed by atoms with Crippen LogP contribution in [-0.4, -0.2) is 4.98 Å². The van der Waals surface area contributed by atoms with E-state index >= 15 is 0 Å². The summed E-state index contributed by atoms with van der Waals surface area (Å²) >= 11 is 3.22. The SMILES string of the molecule is N#Cc1ccc(Nc2cc(Br)ncc2N=O)cc1. The van der Waals surface area contributed by atoms with E-state index in [2.05, 4.69) is 31.4 Å². The van der Waals surface area contributed by atoms with Gasteiger partial charge in [-0.2, -0.15) is 5.26 Å². The van der Waals surface area contributed by atoms with Gasteiger partial charge in [-0.25, -0.2) is 4.98 Å². The van der Waals surface area contributed by atoms with Crippen molar-refractivity contribution >= 4 is 33.0 Å². The van der Waals surface area contributed by atoms with Crippen LogP contribution in [0.3, 0.4) is 0 Å². The Bertz CT molecular complexity index is 619. The van der Waals surface area contributed by atoms with E-state index in [1.54, 1.807) is 30.3 Å². The molecule has 0 saturated carbocycles. The van der Waals surface area contributed by atoms with Gasteiger partial charge in [0.05, 0.1) is 23.5 Å². The van der Waals surface area contributed by atoms with Crippen LogP contribution in [0.1, 0.15) is 5.56 Å². The van der Waals surface area contributed by atoms with Gasteiger partial charge in [-0.3, -0.25) is 0 Å². The van der Waals surface area contributed by atoms with Gasteiger partial charge in [-0.1, -0.05) is 0 Å². The summed E-state index contributed by atoms with van der Waals surface area (Å²) in [6.45, 7) is 0. The summed E-state index contributed by atoms with van der Waals surface area (Å²) in [7, 11) is 0. The third-order valence-electron chi connectivity index (χ3n) is 2.24. The zero-order chi connectivity index (χ0) is 13.0. The highest BCUT2D eigenvalue weighted by Gasteiger charge is 2.05. The summed E-state index contributed by atoms with van der Waals surface area (Å²) in [5, 5.41) is 14.6. The second-order valence-electron chi connectivity index (χ2n) is 3.43. The molecule has 0 aliphatic carbocycles. The minimum absolute atomic E-state index is 0.225. The Kier molecular flexibility index (Phi) is 3.65. The van der Waals surface area contributed by atoms with Crippen molar-refractivity contribution in [2.75, 3.05) is 5.32 Å². The topological polar surface area (TPSA) is 78.1 Å². The maximum atomic E-state index is 10.6. The van der Waals surface area contributed by atoms with Crippen molar-refractivity contribution in [3.05, 3.63) is 51.6 Å². The first-order chi connectivity index (χ1) is 8.72. The molecule has 18 heavy (non-hydrogen) atoms. The molecule has 0 saturated heterocycles. The highest BCUT2D eigenvalue weighted by molar-refractivity contribution is 9.10. The van der Waals surface area contributed by atoms with Gasteiger partial charge >= 0.3 is 0 Å². The first kappa shape index (κ1) is 12.2. The Morgan fingerprint density at radius 3 is 2.67 bits per heavy atom. The third-order valence-corrected chi connectivity index (χ3v) is 2.67. The molecule has 1 N–H and O–H groups in total. The molecule has 1 aromatic heterocycles. The monoisotopic (exact) mass is 302 g/mol. The van der Waals surface area contributed by atoms with Crippen LogP contribution < -0.4 is 5.32 Å². The van der Waals surface area contributed by atoms with Crippen molar-refractivity contribution in [1.29, 1.82) is 5.26 Å². The molecule has 2 rings (SSSR count). The van der Waals surface area contributed by atoms with Gasteiger partial charge in [-0.15, -0.1) is 4.91 Å². The Balaban J connectivity index is 2.30. The Hall–Kier alpha value is -2.26. The quantitative estimate of drug-likeness (QED) is 0.690. The average Bonchev–Trinajstić information content (AvgIpc) is 2.40. The first-order valence-corrected chi connectivity index (χ1v) is 5.78. The fraction of sp³-hybridized carbons (Fsp3) is 0. The molecule has 2 aromatic rings. The molecule has 0 bridgehead atoms. The van der Waals surface area contributed by atoms with Gasteiger partial charge in [0.25, 0.3) is 0 Å². The summed E-state index contributed by atoms with van der Waals surface area (Å²) < 4.78 is 0.603. The summed E-state index contributed by atoms with van der Waals surface area (Å²) in [4.78, 5) is 14.6. The summed E-state index contributed by atoms with van der Waals surface area (Å²) in [6.07, 6.45) is 1.38. The van der Waals surface area contributed by atoms with E-state index in [0.29, 0.717) is 15.9 Å². The molecule has 0 fully saturated rings. The summed E-state index contributed by atoms with van der Waals surface area (Å²) in [5.74, 6) is 0. The number of aromatic nitrogens is 1. The van der Waals surface area contributed by atoms with Crippen molar-refractivity contribution in [3.8, 4) is 6.07 Å². The third kappa shape index (κ3) is 2.70. The van der Waals surface area contributed by atoms with Crippen LogP contribution in [-0.2, 0) is 0 Å². The van der Waals surface area contributed by atoms with Crippen molar-refractivity contribution in [3.63, 3.8) is 0 Å². The lowest BCUT2D eigenvalue weighted by Gasteiger charge is -2.07. The lowest BCUT2D eigenvalue weighted by atomic mass is 10.2. The minimum Gasteiger partial charge on any atom is -0.354 e. The molecule has 88 valence electrons. The molecule has 0 aliphatic rings. The van der Waals surface area contributed by atoms with E-state index in [0.717, 1.165) is 5.69 Å². The average molecular weight is 303 g/mol. The van der Waals surface area contributed by atoms with Crippen LogP contribution in [0, 0.1) is 16.2 Å². The van der Waals surface area contributed by atoms with Crippen molar-refractivity contribution in [1.82, 2.24) is 4.98 Å². The number of benzene rings is 1. The summed E-state index contributed by atoms with van der Waals surface area (Å²) in [6, 6.07) is 10.6. The minimum atomic E-state index is 0.225. The number of nitrogens with zero attached hydrogens (tertiary/aromatic N) is 3. The lowest BCUT2D eigenvalue weighted by Crippen LogP contribution is -1.92. The molecule has 6 heteroatoms. The number of hydrogen-bond donors (Lipinski definition) is 1. The Labute approximate surface area is 112 Å². The van der Waals surface area contributed by atoms with Crippen LogP contribution in [0.15, 0.2) is 46.3 Å². The molecule has 5 nitrogen and oxygen atoms in total. The fourth-order valence-electron chi connectivity index (χ4n) is 1.38. The molecular weight excluding hydrogens is 296 g/mol. The van der Waals surface area contributed by atoms with Gasteiger partial charge in [0.15, 0.2) is 0 Å². The Morgan fingerprint density at radius 2 is 2.06 bits per heavy atom. The zero-order valence-corrected chi connectivity index (χ0v) is 10.7. The number of nitrogens with one attached hydrogen (secondary N) is 1. The van der Waals surface area contributed by atoms with Crippen LogP contribution in [0.2, 0.25) is 0 Å². The Morgan fingerprint density at radius 1 is 1.33 bits per heavy atom. The van der Waals surface area contributed by atoms with Crippen molar-refractivity contribution < 1.29 is 0 Å². The molecular formula is C12H7BrN4O. The van der Waals surface area contributed by atoms with Crippen molar-refractivity contribution in [2.45, 2.75) is 0 Å². The smallest absolute Gasteiger partial charge is 0.149 e. The van der Waals surface area contributed by atoms with Gasteiger partial charge < -0.3 is 5.32 Å².